The van der Waals surface area contributed by atoms with E-state index in [0.29, 0.717) is 4.91 Å². The fraction of sp³-hybridized carbons (Fsp3) is 0.269. The van der Waals surface area contributed by atoms with Crippen molar-refractivity contribution in [3.05, 3.63) is 86.4 Å². The summed E-state index contributed by atoms with van der Waals surface area (Å²) in [6.07, 6.45) is 9.25. The van der Waals surface area contributed by atoms with E-state index in [1.807, 2.05) is 32.1 Å². The first-order valence-corrected chi connectivity index (χ1v) is 13.2. The van der Waals surface area contributed by atoms with Crippen LogP contribution in [-0.2, 0) is 29.1 Å². The maximum absolute atomic E-state index is 13.3. The van der Waals surface area contributed by atoms with Gasteiger partial charge in [-0.15, -0.1) is 11.3 Å². The molecular weight excluding hydrogens is 422 g/mol. The lowest BCUT2D eigenvalue weighted by Gasteiger charge is -2.27. The molecule has 2 aliphatic carbocycles. The molecule has 0 radical (unpaired) electrons. The van der Waals surface area contributed by atoms with Gasteiger partial charge < -0.3 is 0 Å². The summed E-state index contributed by atoms with van der Waals surface area (Å²) in [7, 11) is -3.40. The summed E-state index contributed by atoms with van der Waals surface area (Å²) < 4.78 is 26.5. The van der Waals surface area contributed by atoms with Gasteiger partial charge in [0.25, 0.3) is 0 Å². The molecule has 2 aliphatic rings. The lowest BCUT2D eigenvalue weighted by molar-refractivity contribution is 0.608. The van der Waals surface area contributed by atoms with Gasteiger partial charge in [-0.25, -0.2) is 13.4 Å². The Morgan fingerprint density at radius 1 is 0.968 bits per heavy atom. The monoisotopic (exact) mass is 447 g/mol. The Hall–Kier alpha value is -2.50. The highest BCUT2D eigenvalue weighted by atomic mass is 32.2. The molecule has 0 saturated heterocycles. The number of hydrogen-bond acceptors (Lipinski definition) is 4. The van der Waals surface area contributed by atoms with Gasteiger partial charge in [0.05, 0.1) is 21.4 Å². The Morgan fingerprint density at radius 2 is 1.74 bits per heavy atom. The largest absolute Gasteiger partial charge is 0.246 e. The molecule has 0 fully saturated rings. The van der Waals surface area contributed by atoms with Crippen LogP contribution in [0.3, 0.4) is 0 Å². The zero-order valence-electron chi connectivity index (χ0n) is 17.8. The second-order valence-electron chi connectivity index (χ2n) is 8.25. The zero-order chi connectivity index (χ0) is 21.6. The lowest BCUT2D eigenvalue weighted by atomic mass is 9.79. The fourth-order valence-electron chi connectivity index (χ4n) is 4.83. The molecule has 1 heterocycles. The third kappa shape index (κ3) is 3.70. The molecule has 3 nitrogen and oxygen atoms in total. The predicted molar refractivity (Wildman–Crippen MR) is 130 cm³/mol. The first-order valence-electron chi connectivity index (χ1n) is 10.7. The van der Waals surface area contributed by atoms with E-state index in [1.54, 1.807) is 17.4 Å². The number of thiazole rings is 1. The molecule has 0 atom stereocenters. The molecule has 158 valence electrons. The van der Waals surface area contributed by atoms with E-state index in [4.69, 9.17) is 0 Å². The summed E-state index contributed by atoms with van der Waals surface area (Å²) in [5.74, 6) is 0.00851. The van der Waals surface area contributed by atoms with Crippen LogP contribution in [0.15, 0.2) is 48.6 Å². The minimum atomic E-state index is -3.40. The van der Waals surface area contributed by atoms with E-state index in [2.05, 4.69) is 35.3 Å². The first kappa shape index (κ1) is 20.4. The van der Waals surface area contributed by atoms with E-state index < -0.39 is 9.84 Å². The van der Waals surface area contributed by atoms with Gasteiger partial charge >= 0.3 is 0 Å². The highest BCUT2D eigenvalue weighted by Crippen LogP contribution is 2.41. The van der Waals surface area contributed by atoms with Gasteiger partial charge in [-0.2, -0.15) is 0 Å². The molecule has 31 heavy (non-hydrogen) atoms. The summed E-state index contributed by atoms with van der Waals surface area (Å²) in [6, 6.07) is 12.7. The topological polar surface area (TPSA) is 47.0 Å². The Kier molecular flexibility index (Phi) is 5.19. The van der Waals surface area contributed by atoms with Gasteiger partial charge in [-0.1, -0.05) is 48.6 Å². The molecule has 0 saturated carbocycles. The third-order valence-corrected chi connectivity index (χ3v) is 8.96. The Bertz CT molecular complexity index is 1340. The molecule has 0 unspecified atom stereocenters. The van der Waals surface area contributed by atoms with Crippen LogP contribution >= 0.6 is 11.3 Å². The summed E-state index contributed by atoms with van der Waals surface area (Å²) in [6.45, 7) is 3.92. The van der Waals surface area contributed by atoms with Crippen molar-refractivity contribution in [1.82, 2.24) is 4.98 Å². The Morgan fingerprint density at radius 3 is 2.55 bits per heavy atom. The smallest absolute Gasteiger partial charge is 0.182 e. The van der Waals surface area contributed by atoms with Crippen molar-refractivity contribution >= 4 is 32.2 Å². The van der Waals surface area contributed by atoms with Crippen LogP contribution in [0.25, 0.3) is 22.1 Å². The van der Waals surface area contributed by atoms with E-state index in [-0.39, 0.29) is 5.75 Å². The van der Waals surface area contributed by atoms with Crippen molar-refractivity contribution in [2.45, 2.75) is 39.5 Å². The number of sulfone groups is 1. The van der Waals surface area contributed by atoms with Gasteiger partial charge in [0.15, 0.2) is 9.84 Å². The number of benzene rings is 2. The van der Waals surface area contributed by atoms with Crippen molar-refractivity contribution in [2.75, 3.05) is 5.75 Å². The SMILES string of the molecule is Cc1nc(C)c(C=CCS(=O)(=O)C2=CCCc3c2ccc2c3CCc3ccccc3-2)s1. The lowest BCUT2D eigenvalue weighted by Crippen LogP contribution is -2.15. The molecular formula is C26H25NO2S2. The second-order valence-corrected chi connectivity index (χ2v) is 11.5. The predicted octanol–water partition coefficient (Wildman–Crippen LogP) is 5.94. The Balaban J connectivity index is 1.48. The number of nitrogens with zero attached hydrogens (tertiary/aromatic N) is 1. The van der Waals surface area contributed by atoms with Crippen LogP contribution in [0.5, 0.6) is 0 Å². The number of aryl methyl sites for hydroxylation is 3. The fourth-order valence-corrected chi connectivity index (χ4v) is 7.12. The summed E-state index contributed by atoms with van der Waals surface area (Å²) >= 11 is 1.59. The summed E-state index contributed by atoms with van der Waals surface area (Å²) in [4.78, 5) is 5.93. The normalized spacial score (nSPS) is 15.4. The summed E-state index contributed by atoms with van der Waals surface area (Å²) in [5.41, 5.74) is 8.37. The van der Waals surface area contributed by atoms with Crippen LogP contribution < -0.4 is 0 Å². The van der Waals surface area contributed by atoms with E-state index in [1.165, 1.54) is 27.8 Å². The molecule has 0 N–H and O–H groups in total. The molecule has 5 heteroatoms. The number of rotatable bonds is 4. The van der Waals surface area contributed by atoms with Gasteiger partial charge in [0.1, 0.15) is 0 Å². The molecule has 0 amide bonds. The molecule has 1 aromatic heterocycles. The van der Waals surface area contributed by atoms with Crippen molar-refractivity contribution in [3.63, 3.8) is 0 Å². The maximum Gasteiger partial charge on any atom is 0.182 e. The third-order valence-electron chi connectivity index (χ3n) is 6.23. The van der Waals surface area contributed by atoms with Crippen LogP contribution in [0.2, 0.25) is 0 Å². The van der Waals surface area contributed by atoms with E-state index in [9.17, 15) is 8.42 Å². The maximum atomic E-state index is 13.3. The molecule has 0 aliphatic heterocycles. The van der Waals surface area contributed by atoms with E-state index in [0.717, 1.165) is 46.8 Å². The van der Waals surface area contributed by atoms with Gasteiger partial charge in [-0.3, -0.25) is 0 Å². The Labute approximate surface area is 188 Å². The van der Waals surface area contributed by atoms with Crippen LogP contribution in [0, 0.1) is 13.8 Å². The molecule has 0 spiro atoms. The highest BCUT2D eigenvalue weighted by Gasteiger charge is 2.28. The van der Waals surface area contributed by atoms with Gasteiger partial charge in [0.2, 0.25) is 0 Å². The molecule has 2 aromatic carbocycles. The number of fused-ring (bicyclic) bond motifs is 5. The standard InChI is InChI=1S/C26H25NO2S2/c1-17-25(30-18(2)27-17)10-6-16-31(28,29)26-11-5-9-21-23-13-12-19-7-3-4-8-20(19)22(23)14-15-24(21)26/h3-4,6-8,10-11,14-15H,5,9,12-13,16H2,1-2H3. The van der Waals surface area contributed by atoms with Crippen molar-refractivity contribution in [3.8, 4) is 11.1 Å². The minimum Gasteiger partial charge on any atom is -0.246 e. The second kappa shape index (κ2) is 7.88. The van der Waals surface area contributed by atoms with Crippen LogP contribution in [0.4, 0.5) is 0 Å². The van der Waals surface area contributed by atoms with Gasteiger partial charge in [0, 0.05) is 4.88 Å². The number of hydrogen-bond donors (Lipinski definition) is 0. The summed E-state index contributed by atoms with van der Waals surface area (Å²) in [5, 5.41) is 0.996. The van der Waals surface area contributed by atoms with E-state index >= 15 is 0 Å². The minimum absolute atomic E-state index is 0.00851. The van der Waals surface area contributed by atoms with Crippen molar-refractivity contribution in [1.29, 1.82) is 0 Å². The highest BCUT2D eigenvalue weighted by molar-refractivity contribution is 8.00. The quantitative estimate of drug-likeness (QED) is 0.497. The average Bonchev–Trinajstić information content (AvgIpc) is 3.09. The number of allylic oxidation sites excluding steroid dienone is 1. The number of aromatic nitrogens is 1. The van der Waals surface area contributed by atoms with Crippen LogP contribution in [0.1, 0.15) is 44.3 Å². The zero-order valence-corrected chi connectivity index (χ0v) is 19.4. The van der Waals surface area contributed by atoms with Crippen molar-refractivity contribution in [2.24, 2.45) is 0 Å². The van der Waals surface area contributed by atoms with Crippen molar-refractivity contribution < 1.29 is 8.42 Å². The molecule has 5 rings (SSSR count). The van der Waals surface area contributed by atoms with Gasteiger partial charge in [-0.05, 0) is 79.0 Å². The average molecular weight is 448 g/mol. The molecule has 0 bridgehead atoms. The first-order chi connectivity index (χ1) is 14.9. The molecule has 3 aromatic rings. The van der Waals surface area contributed by atoms with Crippen LogP contribution in [-0.4, -0.2) is 19.2 Å².